The Morgan fingerprint density at radius 2 is 1.94 bits per heavy atom. The van der Waals surface area contributed by atoms with Gasteiger partial charge in [-0.1, -0.05) is 12.1 Å². The average molecular weight is 238 g/mol. The molecule has 0 saturated heterocycles. The molecule has 1 N–H and O–H groups in total. The van der Waals surface area contributed by atoms with Gasteiger partial charge in [-0.05, 0) is 24.3 Å². The quantitative estimate of drug-likeness (QED) is 0.746. The Morgan fingerprint density at radius 3 is 2.72 bits per heavy atom. The molecule has 0 bridgehead atoms. The van der Waals surface area contributed by atoms with Crippen LogP contribution in [0.5, 0.6) is 0 Å². The van der Waals surface area contributed by atoms with Crippen LogP contribution in [0.1, 0.15) is 0 Å². The van der Waals surface area contributed by atoms with Gasteiger partial charge in [0.1, 0.15) is 5.82 Å². The van der Waals surface area contributed by atoms with Gasteiger partial charge in [0.15, 0.2) is 5.65 Å². The molecule has 0 unspecified atom stereocenters. The van der Waals surface area contributed by atoms with E-state index in [2.05, 4.69) is 25.9 Å². The first-order valence-corrected chi connectivity index (χ1v) is 5.86. The highest BCUT2D eigenvalue weighted by Crippen LogP contribution is 2.28. The van der Waals surface area contributed by atoms with E-state index < -0.39 is 0 Å². The first-order chi connectivity index (χ1) is 8.81. The molecule has 4 nitrogen and oxygen atoms in total. The van der Waals surface area contributed by atoms with Crippen molar-refractivity contribution in [3.63, 3.8) is 0 Å². The maximum absolute atomic E-state index is 4.60. The van der Waals surface area contributed by atoms with Crippen molar-refractivity contribution >= 4 is 16.9 Å². The molecule has 18 heavy (non-hydrogen) atoms. The van der Waals surface area contributed by atoms with Gasteiger partial charge in [-0.15, -0.1) is 0 Å². The zero-order chi connectivity index (χ0) is 12.5. The van der Waals surface area contributed by atoms with Crippen LogP contribution in [0.25, 0.3) is 22.6 Å². The topological polar surface area (TPSA) is 42.7 Å². The van der Waals surface area contributed by atoms with Gasteiger partial charge in [-0.2, -0.15) is 0 Å². The van der Waals surface area contributed by atoms with Gasteiger partial charge in [-0.3, -0.25) is 0 Å². The molecule has 90 valence electrons. The zero-order valence-electron chi connectivity index (χ0n) is 10.4. The van der Waals surface area contributed by atoms with E-state index in [4.69, 9.17) is 0 Å². The van der Waals surface area contributed by atoms with E-state index in [-0.39, 0.29) is 0 Å². The Bertz CT molecular complexity index is 700. The van der Waals surface area contributed by atoms with Gasteiger partial charge >= 0.3 is 0 Å². The van der Waals surface area contributed by atoms with Gasteiger partial charge < -0.3 is 9.88 Å². The monoisotopic (exact) mass is 238 g/mol. The maximum Gasteiger partial charge on any atom is 0.178 e. The lowest BCUT2D eigenvalue weighted by Crippen LogP contribution is -1.97. The fourth-order valence-corrected chi connectivity index (χ4v) is 2.16. The van der Waals surface area contributed by atoms with E-state index >= 15 is 0 Å². The molecular weight excluding hydrogens is 224 g/mol. The van der Waals surface area contributed by atoms with E-state index in [0.29, 0.717) is 0 Å². The third-order valence-corrected chi connectivity index (χ3v) is 3.09. The minimum Gasteiger partial charge on any atom is -0.388 e. The smallest absolute Gasteiger partial charge is 0.178 e. The number of pyridine rings is 1. The lowest BCUT2D eigenvalue weighted by Gasteiger charge is -2.08. The number of fused-ring (bicyclic) bond motifs is 1. The Labute approximate surface area is 105 Å². The summed E-state index contributed by atoms with van der Waals surface area (Å²) in [4.78, 5) is 8.89. The van der Waals surface area contributed by atoms with Crippen LogP contribution in [-0.4, -0.2) is 21.6 Å². The molecule has 0 fully saturated rings. The SMILES string of the molecule is CNc1ccccc1-c1nc2ncccc2n1C. The second-order valence-corrected chi connectivity index (χ2v) is 4.14. The highest BCUT2D eigenvalue weighted by atomic mass is 15.1. The number of nitrogens with zero attached hydrogens (tertiary/aromatic N) is 3. The average Bonchev–Trinajstić information content (AvgIpc) is 2.76. The molecule has 1 aromatic carbocycles. The zero-order valence-corrected chi connectivity index (χ0v) is 10.4. The molecule has 0 aliphatic carbocycles. The van der Waals surface area contributed by atoms with Crippen LogP contribution in [0.3, 0.4) is 0 Å². The van der Waals surface area contributed by atoms with Crippen LogP contribution in [0.2, 0.25) is 0 Å². The van der Waals surface area contributed by atoms with Crippen molar-refractivity contribution in [2.75, 3.05) is 12.4 Å². The molecule has 4 heteroatoms. The second-order valence-electron chi connectivity index (χ2n) is 4.14. The number of aryl methyl sites for hydroxylation is 1. The van der Waals surface area contributed by atoms with Crippen LogP contribution in [-0.2, 0) is 7.05 Å². The Kier molecular flexibility index (Phi) is 2.48. The summed E-state index contributed by atoms with van der Waals surface area (Å²) in [5.74, 6) is 0.925. The van der Waals surface area contributed by atoms with E-state index in [1.807, 2.05) is 44.4 Å². The number of nitrogens with one attached hydrogen (secondary N) is 1. The van der Waals surface area contributed by atoms with Crippen LogP contribution in [0.15, 0.2) is 42.6 Å². The van der Waals surface area contributed by atoms with Crippen LogP contribution in [0, 0.1) is 0 Å². The normalized spacial score (nSPS) is 10.8. The minimum absolute atomic E-state index is 0.779. The van der Waals surface area contributed by atoms with Crippen molar-refractivity contribution < 1.29 is 0 Å². The summed E-state index contributed by atoms with van der Waals surface area (Å²) in [6.45, 7) is 0. The summed E-state index contributed by atoms with van der Waals surface area (Å²) >= 11 is 0. The fourth-order valence-electron chi connectivity index (χ4n) is 2.16. The van der Waals surface area contributed by atoms with Crippen molar-refractivity contribution in [1.82, 2.24) is 14.5 Å². The largest absolute Gasteiger partial charge is 0.388 e. The summed E-state index contributed by atoms with van der Waals surface area (Å²) in [5.41, 5.74) is 3.97. The Morgan fingerprint density at radius 1 is 1.11 bits per heavy atom. The van der Waals surface area contributed by atoms with Crippen molar-refractivity contribution in [2.24, 2.45) is 7.05 Å². The molecule has 0 aliphatic heterocycles. The molecule has 0 amide bonds. The van der Waals surface area contributed by atoms with Gasteiger partial charge in [0.2, 0.25) is 0 Å². The second kappa shape index (κ2) is 4.14. The van der Waals surface area contributed by atoms with Crippen LogP contribution >= 0.6 is 0 Å². The van der Waals surface area contributed by atoms with Gasteiger partial charge in [0.05, 0.1) is 5.52 Å². The van der Waals surface area contributed by atoms with Crippen molar-refractivity contribution in [3.05, 3.63) is 42.6 Å². The van der Waals surface area contributed by atoms with Crippen molar-refractivity contribution in [2.45, 2.75) is 0 Å². The Hall–Kier alpha value is -2.36. The molecule has 0 radical (unpaired) electrons. The van der Waals surface area contributed by atoms with E-state index in [0.717, 1.165) is 28.2 Å². The number of para-hydroxylation sites is 1. The summed E-state index contributed by atoms with van der Waals surface area (Å²) < 4.78 is 2.07. The number of anilines is 1. The summed E-state index contributed by atoms with van der Waals surface area (Å²) in [5, 5.41) is 3.19. The molecule has 0 saturated carbocycles. The lowest BCUT2D eigenvalue weighted by molar-refractivity contribution is 0.959. The van der Waals surface area contributed by atoms with Gasteiger partial charge in [0.25, 0.3) is 0 Å². The maximum atomic E-state index is 4.60. The Balaban J connectivity index is 2.28. The molecule has 2 heterocycles. The number of benzene rings is 1. The molecule has 0 atom stereocenters. The number of hydrogen-bond donors (Lipinski definition) is 1. The molecule has 3 rings (SSSR count). The van der Waals surface area contributed by atoms with Crippen molar-refractivity contribution in [1.29, 1.82) is 0 Å². The lowest BCUT2D eigenvalue weighted by atomic mass is 10.1. The predicted molar refractivity (Wildman–Crippen MR) is 73.5 cm³/mol. The molecular formula is C14H14N4. The third-order valence-electron chi connectivity index (χ3n) is 3.09. The van der Waals surface area contributed by atoms with Gasteiger partial charge in [-0.25, -0.2) is 9.97 Å². The minimum atomic E-state index is 0.779. The summed E-state index contributed by atoms with van der Waals surface area (Å²) in [7, 11) is 3.93. The van der Waals surface area contributed by atoms with Gasteiger partial charge in [0, 0.05) is 31.5 Å². The van der Waals surface area contributed by atoms with Crippen LogP contribution < -0.4 is 5.32 Å². The van der Waals surface area contributed by atoms with Crippen LogP contribution in [0.4, 0.5) is 5.69 Å². The third kappa shape index (κ3) is 1.54. The molecule has 0 aliphatic rings. The van der Waals surface area contributed by atoms with E-state index in [1.165, 1.54) is 0 Å². The number of hydrogen-bond acceptors (Lipinski definition) is 3. The van der Waals surface area contributed by atoms with Crippen molar-refractivity contribution in [3.8, 4) is 11.4 Å². The number of rotatable bonds is 2. The standard InChI is InChI=1S/C14H14N4/c1-15-11-7-4-3-6-10(11)14-17-13-12(18(14)2)8-5-9-16-13/h3-9,15H,1-2H3. The number of imidazole rings is 1. The highest BCUT2D eigenvalue weighted by Gasteiger charge is 2.12. The molecule has 3 aromatic rings. The van der Waals surface area contributed by atoms with E-state index in [9.17, 15) is 0 Å². The summed E-state index contributed by atoms with van der Waals surface area (Å²) in [6, 6.07) is 12.1. The fraction of sp³-hybridized carbons (Fsp3) is 0.143. The number of aromatic nitrogens is 3. The summed E-state index contributed by atoms with van der Waals surface area (Å²) in [6.07, 6.45) is 1.77. The first-order valence-electron chi connectivity index (χ1n) is 5.86. The van der Waals surface area contributed by atoms with E-state index in [1.54, 1.807) is 6.20 Å². The molecule has 0 spiro atoms. The highest BCUT2D eigenvalue weighted by molar-refractivity contribution is 5.81. The first kappa shape index (κ1) is 10.8. The predicted octanol–water partition coefficient (Wildman–Crippen LogP) is 2.68. The molecule has 2 aromatic heterocycles.